The van der Waals surface area contributed by atoms with Crippen molar-refractivity contribution in [3.8, 4) is 0 Å². The number of benzene rings is 2. The number of nitrogens with zero attached hydrogens (tertiary/aromatic N) is 1. The molecule has 1 aromatic heterocycles. The summed E-state index contributed by atoms with van der Waals surface area (Å²) in [6.45, 7) is 1.63. The Balaban J connectivity index is 1.55. The maximum atomic E-state index is 13.4. The van der Waals surface area contributed by atoms with Gasteiger partial charge in [-0.3, -0.25) is 4.79 Å². The van der Waals surface area contributed by atoms with Gasteiger partial charge in [-0.2, -0.15) is 0 Å². The molecule has 1 heterocycles. The van der Waals surface area contributed by atoms with Gasteiger partial charge in [0.25, 0.3) is 5.91 Å². The van der Waals surface area contributed by atoms with Crippen LogP contribution in [0.15, 0.2) is 54.6 Å². The average molecular weight is 427 g/mol. The zero-order valence-electron chi connectivity index (χ0n) is 18.1. The van der Waals surface area contributed by atoms with Gasteiger partial charge in [0.15, 0.2) is 6.10 Å². The van der Waals surface area contributed by atoms with Gasteiger partial charge >= 0.3 is 5.97 Å². The molecule has 0 aliphatic heterocycles. The summed E-state index contributed by atoms with van der Waals surface area (Å²) in [5.41, 5.74) is 5.30. The van der Waals surface area contributed by atoms with E-state index in [2.05, 4.69) is 23.5 Å². The molecule has 5 heteroatoms. The predicted molar refractivity (Wildman–Crippen MR) is 125 cm³/mol. The van der Waals surface area contributed by atoms with E-state index in [-0.39, 0.29) is 11.9 Å². The molecule has 0 bridgehead atoms. The van der Waals surface area contributed by atoms with E-state index in [0.29, 0.717) is 5.56 Å². The third kappa shape index (κ3) is 4.15. The second kappa shape index (κ2) is 8.58. The molecule has 3 aromatic rings. The maximum Gasteiger partial charge on any atom is 0.339 e. The van der Waals surface area contributed by atoms with Crippen molar-refractivity contribution in [1.29, 1.82) is 0 Å². The molecule has 1 atom stereocenters. The normalized spacial score (nSPS) is 17.6. The molecule has 32 heavy (non-hydrogen) atoms. The van der Waals surface area contributed by atoms with Gasteiger partial charge in [0.05, 0.1) is 16.8 Å². The Kier molecular flexibility index (Phi) is 5.48. The fourth-order valence-electron chi connectivity index (χ4n) is 4.28. The van der Waals surface area contributed by atoms with Gasteiger partial charge in [0.2, 0.25) is 0 Å². The molecule has 162 valence electrons. The number of carbonyl (C=O) groups is 2. The summed E-state index contributed by atoms with van der Waals surface area (Å²) < 4.78 is 5.66. The van der Waals surface area contributed by atoms with Crippen LogP contribution in [-0.2, 0) is 16.0 Å². The lowest BCUT2D eigenvalue weighted by Gasteiger charge is -2.23. The lowest BCUT2D eigenvalue weighted by atomic mass is 9.86. The Hall–Kier alpha value is -3.47. The van der Waals surface area contributed by atoms with Gasteiger partial charge in [-0.25, -0.2) is 9.78 Å². The number of hydrogen-bond donors (Lipinski definition) is 1. The van der Waals surface area contributed by atoms with Crippen molar-refractivity contribution in [2.45, 2.75) is 51.2 Å². The van der Waals surface area contributed by atoms with Crippen molar-refractivity contribution < 1.29 is 14.3 Å². The fraction of sp³-hybridized carbons (Fsp3) is 0.296. The number of amides is 1. The molecule has 1 saturated carbocycles. The number of rotatable bonds is 5. The van der Waals surface area contributed by atoms with Crippen LogP contribution in [0.2, 0.25) is 0 Å². The van der Waals surface area contributed by atoms with Crippen LogP contribution in [0.5, 0.6) is 0 Å². The summed E-state index contributed by atoms with van der Waals surface area (Å²) in [5.74, 6) is -0.697. The molecular formula is C27H26N2O3. The van der Waals surface area contributed by atoms with Crippen molar-refractivity contribution >= 4 is 34.4 Å². The third-order valence-electron chi connectivity index (χ3n) is 6.09. The number of para-hydroxylation sites is 1. The van der Waals surface area contributed by atoms with Crippen molar-refractivity contribution in [3.63, 3.8) is 0 Å². The summed E-state index contributed by atoms with van der Waals surface area (Å²) >= 11 is 0. The van der Waals surface area contributed by atoms with Gasteiger partial charge in [0, 0.05) is 11.4 Å². The molecule has 2 aromatic carbocycles. The van der Waals surface area contributed by atoms with Gasteiger partial charge in [-0.15, -0.1) is 0 Å². The molecule has 0 saturated heterocycles. The Morgan fingerprint density at radius 1 is 1.06 bits per heavy atom. The van der Waals surface area contributed by atoms with E-state index in [1.807, 2.05) is 42.5 Å². The third-order valence-corrected chi connectivity index (χ3v) is 6.09. The van der Waals surface area contributed by atoms with E-state index >= 15 is 0 Å². The van der Waals surface area contributed by atoms with Crippen LogP contribution >= 0.6 is 0 Å². The Morgan fingerprint density at radius 2 is 1.81 bits per heavy atom. The first-order valence-corrected chi connectivity index (χ1v) is 11.3. The van der Waals surface area contributed by atoms with Crippen LogP contribution in [0.1, 0.15) is 59.8 Å². The van der Waals surface area contributed by atoms with Gasteiger partial charge in [-0.1, -0.05) is 48.5 Å². The number of pyridine rings is 1. The number of esters is 1. The summed E-state index contributed by atoms with van der Waals surface area (Å²) in [6.07, 6.45) is 5.89. The first-order chi connectivity index (χ1) is 15.6. The molecule has 5 nitrogen and oxygen atoms in total. The molecular weight excluding hydrogens is 400 g/mol. The van der Waals surface area contributed by atoms with Crippen LogP contribution in [0.25, 0.3) is 22.6 Å². The number of nitrogens with one attached hydrogen (secondary N) is 1. The number of ether oxygens (including phenoxy) is 1. The number of hydrogen-bond acceptors (Lipinski definition) is 4. The Bertz CT molecular complexity index is 1210. The van der Waals surface area contributed by atoms with E-state index < -0.39 is 12.1 Å². The van der Waals surface area contributed by atoms with E-state index in [4.69, 9.17) is 9.72 Å². The molecule has 0 radical (unpaired) electrons. The van der Waals surface area contributed by atoms with Crippen molar-refractivity contribution in [2.75, 3.05) is 0 Å². The van der Waals surface area contributed by atoms with E-state index in [0.717, 1.165) is 65.4 Å². The fourth-order valence-corrected chi connectivity index (χ4v) is 4.28. The minimum absolute atomic E-state index is 0.226. The molecule has 2 aliphatic carbocycles. The standard InChI is InChI=1S/C27H26N2O3/c1-17(26(30)28-20-14-15-20)32-27(31)24-21-11-5-6-13-23(21)29-25-19(10-7-12-22(24)25)16-18-8-3-2-4-9-18/h2-6,8-9,11,13,16-17,20H,7,10,12,14-15H2,1H3,(H,28,30)/b19-16+. The molecule has 1 unspecified atom stereocenters. The van der Waals surface area contributed by atoms with Gasteiger partial charge in [0.1, 0.15) is 0 Å². The van der Waals surface area contributed by atoms with Crippen LogP contribution in [-0.4, -0.2) is 29.0 Å². The summed E-state index contributed by atoms with van der Waals surface area (Å²) in [5, 5.41) is 3.68. The summed E-state index contributed by atoms with van der Waals surface area (Å²) in [7, 11) is 0. The maximum absolute atomic E-state index is 13.4. The van der Waals surface area contributed by atoms with Crippen molar-refractivity contribution in [3.05, 3.63) is 77.0 Å². The highest BCUT2D eigenvalue weighted by Crippen LogP contribution is 2.36. The lowest BCUT2D eigenvalue weighted by Crippen LogP contribution is -2.37. The molecule has 1 amide bonds. The zero-order chi connectivity index (χ0) is 22.1. The number of fused-ring (bicyclic) bond motifs is 2. The first-order valence-electron chi connectivity index (χ1n) is 11.3. The molecule has 2 aliphatic rings. The molecule has 0 spiro atoms. The second-order valence-electron chi connectivity index (χ2n) is 8.60. The van der Waals surface area contributed by atoms with Gasteiger partial charge in [-0.05, 0) is 67.9 Å². The molecule has 1 fully saturated rings. The van der Waals surface area contributed by atoms with Crippen molar-refractivity contribution in [2.24, 2.45) is 0 Å². The summed E-state index contributed by atoms with van der Waals surface area (Å²) in [6, 6.07) is 18.0. The highest BCUT2D eigenvalue weighted by Gasteiger charge is 2.30. The topological polar surface area (TPSA) is 68.3 Å². The number of aromatic nitrogens is 1. The molecule has 1 N–H and O–H groups in total. The van der Waals surface area contributed by atoms with E-state index in [1.54, 1.807) is 6.92 Å². The predicted octanol–water partition coefficient (Wildman–Crippen LogP) is 4.94. The van der Waals surface area contributed by atoms with Gasteiger partial charge < -0.3 is 10.1 Å². The zero-order valence-corrected chi connectivity index (χ0v) is 18.1. The Morgan fingerprint density at radius 3 is 2.59 bits per heavy atom. The van der Waals surface area contributed by atoms with Crippen LogP contribution in [0.4, 0.5) is 0 Å². The minimum atomic E-state index is -0.839. The van der Waals surface area contributed by atoms with E-state index in [9.17, 15) is 9.59 Å². The molecule has 5 rings (SSSR count). The van der Waals surface area contributed by atoms with Crippen LogP contribution in [0, 0.1) is 0 Å². The number of carbonyl (C=O) groups excluding carboxylic acids is 2. The quantitative estimate of drug-likeness (QED) is 0.587. The monoisotopic (exact) mass is 426 g/mol. The van der Waals surface area contributed by atoms with Crippen molar-refractivity contribution in [1.82, 2.24) is 10.3 Å². The largest absolute Gasteiger partial charge is 0.449 e. The summed E-state index contributed by atoms with van der Waals surface area (Å²) in [4.78, 5) is 30.7. The number of allylic oxidation sites excluding steroid dienone is 1. The Labute approximate surface area is 187 Å². The lowest BCUT2D eigenvalue weighted by molar-refractivity contribution is -0.129. The highest BCUT2D eigenvalue weighted by molar-refractivity contribution is 6.07. The first kappa shape index (κ1) is 20.4. The van der Waals surface area contributed by atoms with Crippen LogP contribution < -0.4 is 5.32 Å². The SMILES string of the molecule is CC(OC(=O)c1c2c(nc3ccccc13)/C(=C/c1ccccc1)CCC2)C(=O)NC1CC1. The average Bonchev–Trinajstić information content (AvgIpc) is 3.62. The van der Waals surface area contributed by atoms with Crippen LogP contribution in [0.3, 0.4) is 0 Å². The van der Waals surface area contributed by atoms with E-state index in [1.165, 1.54) is 0 Å². The highest BCUT2D eigenvalue weighted by atomic mass is 16.5. The smallest absolute Gasteiger partial charge is 0.339 e. The second-order valence-corrected chi connectivity index (χ2v) is 8.60. The minimum Gasteiger partial charge on any atom is -0.449 e.